The van der Waals surface area contributed by atoms with Gasteiger partial charge in [0, 0.05) is 5.69 Å². The summed E-state index contributed by atoms with van der Waals surface area (Å²) >= 11 is 7.69. The molecule has 0 atom stereocenters. The van der Waals surface area contributed by atoms with Crippen LogP contribution >= 0.6 is 22.9 Å². The fourth-order valence-corrected chi connectivity index (χ4v) is 2.60. The van der Waals surface area contributed by atoms with Crippen LogP contribution in [0.4, 0.5) is 17.2 Å². The van der Waals surface area contributed by atoms with Gasteiger partial charge in [-0.1, -0.05) is 11.6 Å². The van der Waals surface area contributed by atoms with Crippen molar-refractivity contribution in [2.45, 2.75) is 0 Å². The molecule has 0 aliphatic rings. The fraction of sp³-hybridized carbons (Fsp3) is 0. The van der Waals surface area contributed by atoms with Crippen LogP contribution in [0.3, 0.4) is 0 Å². The van der Waals surface area contributed by atoms with Gasteiger partial charge in [-0.15, -0.1) is 11.3 Å². The third-order valence-electron chi connectivity index (χ3n) is 2.49. The van der Waals surface area contributed by atoms with E-state index in [2.05, 4.69) is 15.3 Å². The number of benzene rings is 1. The quantitative estimate of drug-likeness (QED) is 0.701. The van der Waals surface area contributed by atoms with Gasteiger partial charge in [0.15, 0.2) is 5.82 Å². The van der Waals surface area contributed by atoms with Gasteiger partial charge in [-0.3, -0.25) is 0 Å². The number of halogens is 1. The molecule has 18 heavy (non-hydrogen) atoms. The molecule has 3 aromatic rings. The normalized spacial score (nSPS) is 10.7. The van der Waals surface area contributed by atoms with Gasteiger partial charge < -0.3 is 11.1 Å². The number of nitrogen functional groups attached to an aromatic ring is 1. The summed E-state index contributed by atoms with van der Waals surface area (Å²) in [4.78, 5) is 8.42. The molecule has 3 rings (SSSR count). The van der Waals surface area contributed by atoms with Crippen LogP contribution in [0.5, 0.6) is 0 Å². The molecule has 0 saturated heterocycles. The van der Waals surface area contributed by atoms with Crippen LogP contribution in [-0.4, -0.2) is 9.97 Å². The van der Waals surface area contributed by atoms with E-state index in [1.54, 1.807) is 29.5 Å². The predicted octanol–water partition coefficient (Wildman–Crippen LogP) is 3.67. The molecule has 90 valence electrons. The van der Waals surface area contributed by atoms with Gasteiger partial charge >= 0.3 is 0 Å². The second-order valence-corrected chi connectivity index (χ2v) is 5.04. The summed E-state index contributed by atoms with van der Waals surface area (Å²) in [6.07, 6.45) is 1.53. The molecule has 0 fully saturated rings. The average molecular weight is 277 g/mol. The highest BCUT2D eigenvalue weighted by atomic mass is 35.5. The van der Waals surface area contributed by atoms with Gasteiger partial charge in [0.05, 0.1) is 20.9 Å². The SMILES string of the molecule is Nc1ccc(Cl)c(Nc2ncnc3ccsc23)c1. The van der Waals surface area contributed by atoms with Crippen LogP contribution < -0.4 is 11.1 Å². The van der Waals surface area contributed by atoms with E-state index in [-0.39, 0.29) is 0 Å². The smallest absolute Gasteiger partial charge is 0.151 e. The van der Waals surface area contributed by atoms with Crippen molar-refractivity contribution in [1.29, 1.82) is 0 Å². The van der Waals surface area contributed by atoms with Crippen LogP contribution in [0.25, 0.3) is 10.2 Å². The zero-order chi connectivity index (χ0) is 12.5. The number of nitrogens with two attached hydrogens (primary N) is 1. The molecule has 0 spiro atoms. The number of nitrogens with one attached hydrogen (secondary N) is 1. The van der Waals surface area contributed by atoms with Crippen LogP contribution in [0.1, 0.15) is 0 Å². The molecular weight excluding hydrogens is 268 g/mol. The number of hydrogen-bond donors (Lipinski definition) is 2. The van der Waals surface area contributed by atoms with Crippen molar-refractivity contribution in [3.63, 3.8) is 0 Å². The minimum Gasteiger partial charge on any atom is -0.399 e. The second kappa shape index (κ2) is 4.44. The number of anilines is 3. The van der Waals surface area contributed by atoms with E-state index in [4.69, 9.17) is 17.3 Å². The maximum absolute atomic E-state index is 6.11. The molecule has 2 heterocycles. The van der Waals surface area contributed by atoms with Gasteiger partial charge in [-0.05, 0) is 29.6 Å². The van der Waals surface area contributed by atoms with Gasteiger partial charge in [0.1, 0.15) is 6.33 Å². The highest BCUT2D eigenvalue weighted by molar-refractivity contribution is 7.17. The van der Waals surface area contributed by atoms with Crippen molar-refractivity contribution in [2.75, 3.05) is 11.1 Å². The molecule has 0 radical (unpaired) electrons. The summed E-state index contributed by atoms with van der Waals surface area (Å²) in [5, 5.41) is 5.77. The zero-order valence-corrected chi connectivity index (χ0v) is 10.8. The molecule has 3 N–H and O–H groups in total. The lowest BCUT2D eigenvalue weighted by molar-refractivity contribution is 1.23. The van der Waals surface area contributed by atoms with E-state index in [0.717, 1.165) is 21.7 Å². The summed E-state index contributed by atoms with van der Waals surface area (Å²) in [5.41, 5.74) is 8.05. The molecule has 0 aliphatic heterocycles. The number of hydrogen-bond acceptors (Lipinski definition) is 5. The van der Waals surface area contributed by atoms with Crippen LogP contribution in [-0.2, 0) is 0 Å². The van der Waals surface area contributed by atoms with E-state index in [1.807, 2.05) is 11.4 Å². The number of rotatable bonds is 2. The summed E-state index contributed by atoms with van der Waals surface area (Å²) < 4.78 is 0.996. The highest BCUT2D eigenvalue weighted by Gasteiger charge is 2.07. The lowest BCUT2D eigenvalue weighted by atomic mass is 10.3. The summed E-state index contributed by atoms with van der Waals surface area (Å²) in [7, 11) is 0. The zero-order valence-electron chi connectivity index (χ0n) is 9.22. The Morgan fingerprint density at radius 2 is 2.11 bits per heavy atom. The molecule has 0 saturated carbocycles. The standard InChI is InChI=1S/C12H9ClN4S/c13-8-2-1-7(14)5-10(8)17-12-11-9(3-4-18-11)15-6-16-12/h1-6H,14H2,(H,15,16,17). The Hall–Kier alpha value is -1.85. The first-order chi connectivity index (χ1) is 8.74. The highest BCUT2D eigenvalue weighted by Crippen LogP contribution is 2.31. The van der Waals surface area contributed by atoms with Gasteiger partial charge in [0.2, 0.25) is 0 Å². The molecule has 0 amide bonds. The van der Waals surface area contributed by atoms with Crippen molar-refractivity contribution >= 4 is 50.3 Å². The topological polar surface area (TPSA) is 63.8 Å². The number of aromatic nitrogens is 2. The molecule has 0 unspecified atom stereocenters. The Labute approximate surface area is 112 Å². The molecule has 0 bridgehead atoms. The Morgan fingerprint density at radius 1 is 1.22 bits per heavy atom. The minimum absolute atomic E-state index is 0.604. The third kappa shape index (κ3) is 1.98. The van der Waals surface area contributed by atoms with Gasteiger partial charge in [-0.25, -0.2) is 9.97 Å². The molecule has 6 heteroatoms. The number of nitrogens with zero attached hydrogens (tertiary/aromatic N) is 2. The first kappa shape index (κ1) is 11.3. The summed E-state index contributed by atoms with van der Waals surface area (Å²) in [5.74, 6) is 0.738. The molecular formula is C12H9ClN4S. The number of fused-ring (bicyclic) bond motifs is 1. The monoisotopic (exact) mass is 276 g/mol. The van der Waals surface area contributed by atoms with E-state index in [9.17, 15) is 0 Å². The Bertz CT molecular complexity index is 710. The average Bonchev–Trinajstić information content (AvgIpc) is 2.83. The lowest BCUT2D eigenvalue weighted by Crippen LogP contribution is -1.96. The maximum Gasteiger partial charge on any atom is 0.151 e. The fourth-order valence-electron chi connectivity index (χ4n) is 1.64. The van der Waals surface area contributed by atoms with Crippen molar-refractivity contribution in [3.8, 4) is 0 Å². The van der Waals surface area contributed by atoms with Crippen LogP contribution in [0.15, 0.2) is 36.0 Å². The van der Waals surface area contributed by atoms with Gasteiger partial charge in [-0.2, -0.15) is 0 Å². The van der Waals surface area contributed by atoms with Crippen molar-refractivity contribution in [2.24, 2.45) is 0 Å². The molecule has 2 aromatic heterocycles. The summed E-state index contributed by atoms with van der Waals surface area (Å²) in [6.45, 7) is 0. The van der Waals surface area contributed by atoms with Crippen LogP contribution in [0, 0.1) is 0 Å². The molecule has 4 nitrogen and oxygen atoms in total. The maximum atomic E-state index is 6.11. The summed E-state index contributed by atoms with van der Waals surface area (Å²) in [6, 6.07) is 7.25. The van der Waals surface area contributed by atoms with Crippen molar-refractivity contribution in [3.05, 3.63) is 41.0 Å². The third-order valence-corrected chi connectivity index (χ3v) is 3.73. The van der Waals surface area contributed by atoms with Crippen molar-refractivity contribution < 1.29 is 0 Å². The Morgan fingerprint density at radius 3 is 3.00 bits per heavy atom. The van der Waals surface area contributed by atoms with Gasteiger partial charge in [0.25, 0.3) is 0 Å². The lowest BCUT2D eigenvalue weighted by Gasteiger charge is -2.08. The van der Waals surface area contributed by atoms with E-state index in [0.29, 0.717) is 10.7 Å². The Kier molecular flexibility index (Phi) is 2.77. The largest absolute Gasteiger partial charge is 0.399 e. The minimum atomic E-state index is 0.604. The number of thiophene rings is 1. The second-order valence-electron chi connectivity index (χ2n) is 3.72. The van der Waals surface area contributed by atoms with Crippen molar-refractivity contribution in [1.82, 2.24) is 9.97 Å². The molecule has 0 aliphatic carbocycles. The van der Waals surface area contributed by atoms with E-state index in [1.165, 1.54) is 6.33 Å². The first-order valence-corrected chi connectivity index (χ1v) is 6.50. The first-order valence-electron chi connectivity index (χ1n) is 5.24. The molecule has 1 aromatic carbocycles. The Balaban J connectivity index is 2.06. The van der Waals surface area contributed by atoms with Crippen LogP contribution in [0.2, 0.25) is 5.02 Å². The predicted molar refractivity (Wildman–Crippen MR) is 76.6 cm³/mol. The van der Waals surface area contributed by atoms with E-state index < -0.39 is 0 Å². The van der Waals surface area contributed by atoms with E-state index >= 15 is 0 Å².